The van der Waals surface area contributed by atoms with Crippen molar-refractivity contribution in [3.63, 3.8) is 0 Å². The molecular weight excluding hydrogens is 445 g/mol. The van der Waals surface area contributed by atoms with Crippen LogP contribution in [0.25, 0.3) is 0 Å². The Hall–Kier alpha value is -2.63. The van der Waals surface area contributed by atoms with Gasteiger partial charge < -0.3 is 10.2 Å². The number of anilines is 1. The molecule has 0 aromatic heterocycles. The number of nitrogens with two attached hydrogens (primary N) is 1. The van der Waals surface area contributed by atoms with Gasteiger partial charge >= 0.3 is 6.18 Å². The van der Waals surface area contributed by atoms with E-state index in [0.29, 0.717) is 39.1 Å². The number of primary sulfonamides is 1. The smallest absolute Gasteiger partial charge is 0.369 e. The van der Waals surface area contributed by atoms with E-state index in [0.717, 1.165) is 23.4 Å². The lowest BCUT2D eigenvalue weighted by Crippen LogP contribution is -2.47. The normalized spacial score (nSPS) is 15.6. The van der Waals surface area contributed by atoms with Gasteiger partial charge in [-0.25, -0.2) is 13.6 Å². The molecule has 0 saturated carbocycles. The van der Waals surface area contributed by atoms with Crippen molar-refractivity contribution in [2.24, 2.45) is 5.14 Å². The molecule has 1 fully saturated rings. The van der Waals surface area contributed by atoms with Crippen LogP contribution in [0.3, 0.4) is 0 Å². The monoisotopic (exact) mass is 470 g/mol. The fourth-order valence-electron chi connectivity index (χ4n) is 3.44. The minimum atomic E-state index is -4.34. The van der Waals surface area contributed by atoms with Gasteiger partial charge in [0.25, 0.3) is 0 Å². The molecule has 11 heteroatoms. The van der Waals surface area contributed by atoms with Crippen molar-refractivity contribution in [3.8, 4) is 0 Å². The Bertz CT molecular complexity index is 1020. The second-order valence-corrected chi connectivity index (χ2v) is 9.15. The number of sulfonamides is 1. The number of halogens is 3. The molecular formula is C21H25F3N4O3S. The molecule has 3 rings (SSSR count). The summed E-state index contributed by atoms with van der Waals surface area (Å²) in [5.74, 6) is -0.120. The molecule has 0 aliphatic carbocycles. The Morgan fingerprint density at radius 1 is 0.969 bits per heavy atom. The fourth-order valence-corrected chi connectivity index (χ4v) is 3.95. The van der Waals surface area contributed by atoms with E-state index in [9.17, 15) is 26.4 Å². The average Bonchev–Trinajstić information content (AvgIpc) is 2.76. The number of nitrogens with one attached hydrogen (secondary N) is 1. The van der Waals surface area contributed by atoms with Crippen molar-refractivity contribution in [2.45, 2.75) is 24.0 Å². The summed E-state index contributed by atoms with van der Waals surface area (Å²) < 4.78 is 60.6. The van der Waals surface area contributed by atoms with Crippen LogP contribution in [0.15, 0.2) is 53.4 Å². The number of carbonyl (C=O) groups is 1. The second-order valence-electron chi connectivity index (χ2n) is 7.59. The first-order valence-electron chi connectivity index (χ1n) is 10.1. The van der Waals surface area contributed by atoms with Crippen LogP contribution >= 0.6 is 0 Å². The molecule has 7 nitrogen and oxygen atoms in total. The summed E-state index contributed by atoms with van der Waals surface area (Å²) in [6.07, 6.45) is -4.03. The molecule has 1 heterocycles. The van der Waals surface area contributed by atoms with E-state index in [1.165, 1.54) is 24.3 Å². The molecule has 1 aliphatic rings. The molecule has 3 N–H and O–H groups in total. The van der Waals surface area contributed by atoms with Gasteiger partial charge in [0.1, 0.15) is 0 Å². The van der Waals surface area contributed by atoms with Crippen LogP contribution in [-0.4, -0.2) is 51.9 Å². The average molecular weight is 471 g/mol. The van der Waals surface area contributed by atoms with Crippen LogP contribution in [0, 0.1) is 0 Å². The minimum absolute atomic E-state index is 0.0167. The third-order valence-corrected chi connectivity index (χ3v) is 6.26. The molecule has 1 saturated heterocycles. The Morgan fingerprint density at radius 2 is 1.56 bits per heavy atom. The van der Waals surface area contributed by atoms with Crippen molar-refractivity contribution in [2.75, 3.05) is 37.6 Å². The van der Waals surface area contributed by atoms with Gasteiger partial charge in [-0.15, -0.1) is 0 Å². The van der Waals surface area contributed by atoms with Crippen LogP contribution in [0.2, 0.25) is 0 Å². The highest BCUT2D eigenvalue weighted by Crippen LogP contribution is 2.30. The number of amides is 1. The van der Waals surface area contributed by atoms with E-state index in [4.69, 9.17) is 5.14 Å². The van der Waals surface area contributed by atoms with Gasteiger partial charge in [0.2, 0.25) is 15.9 Å². The summed E-state index contributed by atoms with van der Waals surface area (Å²) in [6.45, 7) is 3.63. The van der Waals surface area contributed by atoms with Gasteiger partial charge in [-0.05, 0) is 42.0 Å². The lowest BCUT2D eigenvalue weighted by atomic mass is 10.1. The molecule has 0 unspecified atom stereocenters. The molecule has 0 radical (unpaired) electrons. The van der Waals surface area contributed by atoms with Crippen LogP contribution < -0.4 is 15.4 Å². The molecule has 174 valence electrons. The van der Waals surface area contributed by atoms with Crippen LogP contribution in [0.4, 0.5) is 18.9 Å². The summed E-state index contributed by atoms with van der Waals surface area (Å²) in [5.41, 5.74) is 0.853. The van der Waals surface area contributed by atoms with Crippen LogP contribution in [0.1, 0.15) is 17.5 Å². The summed E-state index contributed by atoms with van der Waals surface area (Å²) in [5, 5.41) is 7.86. The zero-order chi connectivity index (χ0) is 23.4. The molecule has 2 aromatic carbocycles. The summed E-state index contributed by atoms with van der Waals surface area (Å²) >= 11 is 0. The highest BCUT2D eigenvalue weighted by atomic mass is 32.2. The quantitative estimate of drug-likeness (QED) is 0.647. The summed E-state index contributed by atoms with van der Waals surface area (Å²) in [6, 6.07) is 11.1. The number of carbonyl (C=O) groups excluding carboxylic acids is 1. The van der Waals surface area contributed by atoms with Gasteiger partial charge in [-0.2, -0.15) is 13.2 Å². The first-order valence-corrected chi connectivity index (χ1v) is 11.6. The molecule has 32 heavy (non-hydrogen) atoms. The highest BCUT2D eigenvalue weighted by Gasteiger charge is 2.30. The Labute approximate surface area is 185 Å². The zero-order valence-electron chi connectivity index (χ0n) is 17.3. The number of hydrogen-bond acceptors (Lipinski definition) is 5. The van der Waals surface area contributed by atoms with Gasteiger partial charge in [-0.1, -0.05) is 12.1 Å². The van der Waals surface area contributed by atoms with Crippen molar-refractivity contribution >= 4 is 21.6 Å². The number of benzene rings is 2. The number of nitrogens with zero attached hydrogens (tertiary/aromatic N) is 2. The van der Waals surface area contributed by atoms with E-state index >= 15 is 0 Å². The number of piperazine rings is 1. The van der Waals surface area contributed by atoms with E-state index in [2.05, 4.69) is 10.2 Å². The molecule has 1 aliphatic heterocycles. The van der Waals surface area contributed by atoms with Crippen molar-refractivity contribution in [3.05, 3.63) is 59.7 Å². The predicted octanol–water partition coefficient (Wildman–Crippen LogP) is 2.18. The molecule has 1 amide bonds. The van der Waals surface area contributed by atoms with Gasteiger partial charge in [0, 0.05) is 51.4 Å². The minimum Gasteiger partial charge on any atom is -0.369 e. The first-order chi connectivity index (χ1) is 15.0. The topological polar surface area (TPSA) is 95.7 Å². The third-order valence-electron chi connectivity index (χ3n) is 5.33. The maximum absolute atomic E-state index is 12.7. The maximum atomic E-state index is 12.7. The van der Waals surface area contributed by atoms with Crippen molar-refractivity contribution < 1.29 is 26.4 Å². The van der Waals surface area contributed by atoms with E-state index in [1.54, 1.807) is 12.1 Å². The molecule has 2 aromatic rings. The third kappa shape index (κ3) is 6.68. The standard InChI is InChI=1S/C21H25F3N4O3S/c22-21(23,24)17-3-5-18(6-4-17)28-13-11-27(12-14-28)10-9-20(29)26-15-16-1-7-19(8-2-16)32(25,30)31/h1-8H,9-15H2,(H,26,29)(H2,25,30,31). The van der Waals surface area contributed by atoms with Crippen LogP contribution in [-0.2, 0) is 27.5 Å². The fraction of sp³-hybridized carbons (Fsp3) is 0.381. The van der Waals surface area contributed by atoms with E-state index in [1.807, 2.05) is 4.90 Å². The molecule has 0 spiro atoms. The summed E-state index contributed by atoms with van der Waals surface area (Å²) in [4.78, 5) is 16.3. The number of hydrogen-bond donors (Lipinski definition) is 2. The number of alkyl halides is 3. The number of rotatable bonds is 7. The van der Waals surface area contributed by atoms with Gasteiger partial charge in [-0.3, -0.25) is 9.69 Å². The Morgan fingerprint density at radius 3 is 2.09 bits per heavy atom. The Balaban J connectivity index is 1.38. The molecule has 0 bridgehead atoms. The van der Waals surface area contributed by atoms with E-state index in [-0.39, 0.29) is 17.3 Å². The van der Waals surface area contributed by atoms with Crippen molar-refractivity contribution in [1.29, 1.82) is 0 Å². The second kappa shape index (κ2) is 9.88. The SMILES string of the molecule is NS(=O)(=O)c1ccc(CNC(=O)CCN2CCN(c3ccc(C(F)(F)F)cc3)CC2)cc1. The highest BCUT2D eigenvalue weighted by molar-refractivity contribution is 7.89. The zero-order valence-corrected chi connectivity index (χ0v) is 18.1. The lowest BCUT2D eigenvalue weighted by Gasteiger charge is -2.36. The largest absolute Gasteiger partial charge is 0.416 e. The van der Waals surface area contributed by atoms with E-state index < -0.39 is 21.8 Å². The lowest BCUT2D eigenvalue weighted by molar-refractivity contribution is -0.137. The van der Waals surface area contributed by atoms with Gasteiger partial charge in [0.05, 0.1) is 10.5 Å². The van der Waals surface area contributed by atoms with Crippen molar-refractivity contribution in [1.82, 2.24) is 10.2 Å². The van der Waals surface area contributed by atoms with Crippen LogP contribution in [0.5, 0.6) is 0 Å². The molecule has 0 atom stereocenters. The Kier molecular flexibility index (Phi) is 7.42. The maximum Gasteiger partial charge on any atom is 0.416 e. The first kappa shape index (κ1) is 24.0. The predicted molar refractivity (Wildman–Crippen MR) is 114 cm³/mol. The summed E-state index contributed by atoms with van der Waals surface area (Å²) in [7, 11) is -3.74. The van der Waals surface area contributed by atoms with Gasteiger partial charge in [0.15, 0.2) is 0 Å².